The molecule has 19 heavy (non-hydrogen) atoms. The maximum Gasteiger partial charge on any atom is 0.269 e. The number of amides is 1. The number of aromatic nitrogens is 1. The highest BCUT2D eigenvalue weighted by molar-refractivity contribution is 7.88. The van der Waals surface area contributed by atoms with Crippen molar-refractivity contribution in [3.8, 4) is 0 Å². The van der Waals surface area contributed by atoms with Crippen molar-refractivity contribution in [1.82, 2.24) is 15.0 Å². The number of rotatable bonds is 7. The fraction of sp³-hybridized carbons (Fsp3) is 0.455. The Hall–Kier alpha value is -1.67. The number of pyridine rings is 1. The predicted octanol–water partition coefficient (Wildman–Crippen LogP) is -0.208. The van der Waals surface area contributed by atoms with Gasteiger partial charge in [-0.05, 0) is 19.1 Å². The smallest absolute Gasteiger partial charge is 0.269 e. The molecule has 1 rings (SSSR count). The van der Waals surface area contributed by atoms with Crippen LogP contribution >= 0.6 is 0 Å². The number of anilines is 1. The predicted molar refractivity (Wildman–Crippen MR) is 73.6 cm³/mol. The van der Waals surface area contributed by atoms with Gasteiger partial charge in [0.25, 0.3) is 5.91 Å². The molecular formula is C11H18N4O3S. The molecular weight excluding hydrogens is 268 g/mol. The molecule has 0 aliphatic heterocycles. The molecule has 0 aliphatic rings. The van der Waals surface area contributed by atoms with Gasteiger partial charge in [0.1, 0.15) is 5.69 Å². The lowest BCUT2D eigenvalue weighted by Crippen LogP contribution is -2.34. The van der Waals surface area contributed by atoms with Gasteiger partial charge in [-0.2, -0.15) is 0 Å². The van der Waals surface area contributed by atoms with E-state index < -0.39 is 10.0 Å². The highest BCUT2D eigenvalue weighted by atomic mass is 32.2. The van der Waals surface area contributed by atoms with Gasteiger partial charge in [0.2, 0.25) is 10.0 Å². The Kier molecular flexibility index (Phi) is 5.71. The van der Waals surface area contributed by atoms with Crippen molar-refractivity contribution in [2.24, 2.45) is 0 Å². The minimum absolute atomic E-state index is 0.150. The van der Waals surface area contributed by atoms with Crippen LogP contribution in [0.1, 0.15) is 17.4 Å². The molecule has 0 bridgehead atoms. The number of nitrogens with one attached hydrogen (secondary N) is 3. The van der Waals surface area contributed by atoms with Crippen LogP contribution in [0.25, 0.3) is 0 Å². The molecule has 8 heteroatoms. The summed E-state index contributed by atoms with van der Waals surface area (Å²) in [5.74, 6) is -0.338. The molecule has 1 amide bonds. The van der Waals surface area contributed by atoms with Gasteiger partial charge in [0.15, 0.2) is 0 Å². The van der Waals surface area contributed by atoms with Crippen LogP contribution in [0.15, 0.2) is 18.3 Å². The van der Waals surface area contributed by atoms with Crippen molar-refractivity contribution in [2.45, 2.75) is 6.92 Å². The van der Waals surface area contributed by atoms with E-state index in [-0.39, 0.29) is 24.7 Å². The van der Waals surface area contributed by atoms with Crippen molar-refractivity contribution in [2.75, 3.05) is 31.2 Å². The quantitative estimate of drug-likeness (QED) is 0.602. The topological polar surface area (TPSA) is 100 Å². The first-order chi connectivity index (χ1) is 8.92. The van der Waals surface area contributed by atoms with E-state index in [9.17, 15) is 13.2 Å². The standard InChI is InChI=1S/C11H18N4O3S/c1-3-12-9-4-5-13-10(8-9)11(16)14-6-7-15-19(2,17)18/h4-5,8,15H,3,6-7H2,1-2H3,(H,12,13)(H,14,16). The minimum atomic E-state index is -3.23. The van der Waals surface area contributed by atoms with Gasteiger partial charge in [-0.1, -0.05) is 0 Å². The molecule has 1 aromatic heterocycles. The molecule has 0 saturated carbocycles. The van der Waals surface area contributed by atoms with Gasteiger partial charge < -0.3 is 10.6 Å². The minimum Gasteiger partial charge on any atom is -0.385 e. The summed E-state index contributed by atoms with van der Waals surface area (Å²) >= 11 is 0. The highest BCUT2D eigenvalue weighted by Gasteiger charge is 2.07. The van der Waals surface area contributed by atoms with Crippen LogP contribution < -0.4 is 15.4 Å². The first-order valence-corrected chi connectivity index (χ1v) is 7.74. The Bertz CT molecular complexity index is 530. The third-order valence-corrected chi connectivity index (χ3v) is 2.88. The van der Waals surface area contributed by atoms with E-state index in [0.717, 1.165) is 18.5 Å². The summed E-state index contributed by atoms with van der Waals surface area (Å²) in [6.07, 6.45) is 2.61. The lowest BCUT2D eigenvalue weighted by molar-refractivity contribution is 0.0949. The van der Waals surface area contributed by atoms with Gasteiger partial charge in [0, 0.05) is 31.5 Å². The number of sulfonamides is 1. The molecule has 0 saturated heterocycles. The molecule has 0 fully saturated rings. The summed E-state index contributed by atoms with van der Waals surface area (Å²) in [6.45, 7) is 3.07. The average molecular weight is 286 g/mol. The lowest BCUT2D eigenvalue weighted by Gasteiger charge is -2.07. The van der Waals surface area contributed by atoms with Crippen molar-refractivity contribution in [1.29, 1.82) is 0 Å². The van der Waals surface area contributed by atoms with Crippen molar-refractivity contribution in [3.63, 3.8) is 0 Å². The second kappa shape index (κ2) is 7.05. The number of hydrogen-bond acceptors (Lipinski definition) is 5. The molecule has 0 radical (unpaired) electrons. The molecule has 0 aliphatic carbocycles. The van der Waals surface area contributed by atoms with Crippen LogP contribution in [0, 0.1) is 0 Å². The zero-order valence-corrected chi connectivity index (χ0v) is 11.8. The van der Waals surface area contributed by atoms with E-state index in [4.69, 9.17) is 0 Å². The van der Waals surface area contributed by atoms with Crippen LogP contribution in [0.5, 0.6) is 0 Å². The number of nitrogens with zero attached hydrogens (tertiary/aromatic N) is 1. The molecule has 0 atom stereocenters. The normalized spacial score (nSPS) is 11.1. The van der Waals surface area contributed by atoms with Crippen LogP contribution in [0.4, 0.5) is 5.69 Å². The van der Waals surface area contributed by atoms with E-state index in [0.29, 0.717) is 0 Å². The van der Waals surface area contributed by atoms with Crippen LogP contribution in [0.3, 0.4) is 0 Å². The molecule has 3 N–H and O–H groups in total. The maximum atomic E-state index is 11.7. The van der Waals surface area contributed by atoms with Gasteiger partial charge in [-0.15, -0.1) is 0 Å². The molecule has 1 heterocycles. The second-order valence-corrected chi connectivity index (χ2v) is 5.72. The first-order valence-electron chi connectivity index (χ1n) is 5.85. The Morgan fingerprint density at radius 3 is 2.74 bits per heavy atom. The van der Waals surface area contributed by atoms with Crippen molar-refractivity contribution < 1.29 is 13.2 Å². The summed E-state index contributed by atoms with van der Waals surface area (Å²) in [5, 5.41) is 5.66. The molecule has 1 aromatic rings. The van der Waals surface area contributed by atoms with Crippen molar-refractivity contribution in [3.05, 3.63) is 24.0 Å². The zero-order chi connectivity index (χ0) is 14.3. The fourth-order valence-electron chi connectivity index (χ4n) is 1.37. The Morgan fingerprint density at radius 2 is 2.11 bits per heavy atom. The lowest BCUT2D eigenvalue weighted by atomic mass is 10.3. The molecule has 106 valence electrons. The Labute approximate surface area is 112 Å². The van der Waals surface area contributed by atoms with E-state index >= 15 is 0 Å². The number of hydrogen-bond donors (Lipinski definition) is 3. The highest BCUT2D eigenvalue weighted by Crippen LogP contribution is 2.07. The monoisotopic (exact) mass is 286 g/mol. The van der Waals surface area contributed by atoms with Gasteiger partial charge >= 0.3 is 0 Å². The summed E-state index contributed by atoms with van der Waals surface area (Å²) in [5.41, 5.74) is 1.11. The van der Waals surface area contributed by atoms with E-state index in [1.54, 1.807) is 18.3 Å². The van der Waals surface area contributed by atoms with Crippen LogP contribution in [0.2, 0.25) is 0 Å². The largest absolute Gasteiger partial charge is 0.385 e. The first kappa shape index (κ1) is 15.4. The van der Waals surface area contributed by atoms with Gasteiger partial charge in [-0.3, -0.25) is 9.78 Å². The van der Waals surface area contributed by atoms with E-state index in [1.807, 2.05) is 6.92 Å². The fourth-order valence-corrected chi connectivity index (χ4v) is 1.84. The van der Waals surface area contributed by atoms with E-state index in [1.165, 1.54) is 0 Å². The number of carbonyl (C=O) groups excluding carboxylic acids is 1. The van der Waals surface area contributed by atoms with E-state index in [2.05, 4.69) is 20.3 Å². The molecule has 7 nitrogen and oxygen atoms in total. The molecule has 0 unspecified atom stereocenters. The van der Waals surface area contributed by atoms with Crippen LogP contribution in [-0.2, 0) is 10.0 Å². The maximum absolute atomic E-state index is 11.7. The summed E-state index contributed by atoms with van der Waals surface area (Å²) in [7, 11) is -3.23. The second-order valence-electron chi connectivity index (χ2n) is 3.88. The zero-order valence-electron chi connectivity index (χ0n) is 10.9. The van der Waals surface area contributed by atoms with Gasteiger partial charge in [-0.25, -0.2) is 13.1 Å². The summed E-state index contributed by atoms with van der Waals surface area (Å²) < 4.78 is 23.9. The van der Waals surface area contributed by atoms with Crippen LogP contribution in [-0.4, -0.2) is 45.2 Å². The third-order valence-electron chi connectivity index (χ3n) is 2.15. The average Bonchev–Trinajstić information content (AvgIpc) is 2.34. The van der Waals surface area contributed by atoms with Gasteiger partial charge in [0.05, 0.1) is 6.26 Å². The number of carbonyl (C=O) groups is 1. The Morgan fingerprint density at radius 1 is 1.37 bits per heavy atom. The van der Waals surface area contributed by atoms with Crippen molar-refractivity contribution >= 4 is 21.6 Å². The Balaban J connectivity index is 2.47. The third kappa shape index (κ3) is 6.16. The summed E-state index contributed by atoms with van der Waals surface area (Å²) in [6, 6.07) is 3.41. The SMILES string of the molecule is CCNc1ccnc(C(=O)NCCNS(C)(=O)=O)c1. The summed E-state index contributed by atoms with van der Waals surface area (Å²) in [4.78, 5) is 15.7. The molecule has 0 spiro atoms. The molecule has 0 aromatic carbocycles.